The molecule has 4 aromatic carbocycles. The molecule has 0 spiro atoms. The van der Waals surface area contributed by atoms with Crippen molar-refractivity contribution in [3.05, 3.63) is 190 Å². The van der Waals surface area contributed by atoms with Crippen LogP contribution >= 0.6 is 0 Å². The van der Waals surface area contributed by atoms with E-state index in [1.165, 1.54) is 100 Å². The van der Waals surface area contributed by atoms with Gasteiger partial charge in [0.1, 0.15) is 0 Å². The number of benzene rings is 4. The van der Waals surface area contributed by atoms with Gasteiger partial charge in [0.05, 0.1) is 11.6 Å². The van der Waals surface area contributed by atoms with Gasteiger partial charge in [-0.2, -0.15) is 0 Å². The number of dihydropyridines is 1. The molecule has 9 aliphatic carbocycles. The van der Waals surface area contributed by atoms with Crippen molar-refractivity contribution in [2.75, 3.05) is 0 Å². The molecule has 0 amide bonds. The van der Waals surface area contributed by atoms with Crippen molar-refractivity contribution < 1.29 is 0 Å². The van der Waals surface area contributed by atoms with Gasteiger partial charge >= 0.3 is 0 Å². The number of fused-ring (bicyclic) bond motifs is 13. The molecule has 2 saturated carbocycles. The van der Waals surface area contributed by atoms with Crippen molar-refractivity contribution in [1.82, 2.24) is 4.57 Å². The monoisotopic (exact) mass is 856 g/mol. The second-order valence-electron chi connectivity index (χ2n) is 22.1. The average Bonchev–Trinajstić information content (AvgIpc) is 3.60. The van der Waals surface area contributed by atoms with Gasteiger partial charge in [-0.15, -0.1) is 0 Å². The summed E-state index contributed by atoms with van der Waals surface area (Å²) in [5, 5.41) is 4.11. The molecular formula is C64H60N2. The molecule has 326 valence electrons. The van der Waals surface area contributed by atoms with Gasteiger partial charge in [-0.1, -0.05) is 140 Å². The lowest BCUT2D eigenvalue weighted by Gasteiger charge is -2.38. The Morgan fingerprint density at radius 2 is 1.65 bits per heavy atom. The molecule has 1 aromatic heterocycles. The summed E-state index contributed by atoms with van der Waals surface area (Å²) in [6.07, 6.45) is 44.5. The van der Waals surface area contributed by atoms with Crippen LogP contribution in [0.1, 0.15) is 109 Å². The van der Waals surface area contributed by atoms with E-state index in [0.717, 1.165) is 31.1 Å². The zero-order chi connectivity index (χ0) is 43.2. The molecule has 15 rings (SSSR count). The minimum Gasteiger partial charge on any atom is -0.312 e. The highest BCUT2D eigenvalue weighted by Gasteiger charge is 2.53. The molecule has 2 heterocycles. The number of aliphatic imine (C=N–C) groups is 1. The molecule has 5 aromatic rings. The summed E-state index contributed by atoms with van der Waals surface area (Å²) in [6.45, 7) is 2.52. The Hall–Kier alpha value is -5.73. The van der Waals surface area contributed by atoms with E-state index >= 15 is 0 Å². The highest BCUT2D eigenvalue weighted by Crippen LogP contribution is 2.62. The van der Waals surface area contributed by atoms with Crippen molar-refractivity contribution >= 4 is 45.1 Å². The van der Waals surface area contributed by atoms with Crippen LogP contribution < -0.4 is 0 Å². The van der Waals surface area contributed by atoms with Crippen LogP contribution in [0, 0.1) is 53.3 Å². The van der Waals surface area contributed by atoms with Gasteiger partial charge in [0.25, 0.3) is 0 Å². The molecule has 0 bridgehead atoms. The van der Waals surface area contributed by atoms with Crippen molar-refractivity contribution in [3.63, 3.8) is 0 Å². The fraction of sp³-hybridized carbons (Fsp3) is 0.359. The van der Waals surface area contributed by atoms with Crippen LogP contribution in [0.15, 0.2) is 156 Å². The molecule has 1 aliphatic heterocycles. The summed E-state index contributed by atoms with van der Waals surface area (Å²) in [7, 11) is 0. The number of nitrogens with zero attached hydrogens (tertiary/aromatic N) is 2. The highest BCUT2D eigenvalue weighted by molar-refractivity contribution is 6.06. The Bertz CT molecular complexity index is 3200. The molecule has 2 fully saturated rings. The van der Waals surface area contributed by atoms with Gasteiger partial charge in [0.2, 0.25) is 0 Å². The summed E-state index contributed by atoms with van der Waals surface area (Å²) in [5.41, 5.74) is 19.8. The maximum Gasteiger partial charge on any atom is 0.0784 e. The molecule has 0 N–H and O–H groups in total. The minimum atomic E-state index is 0.195. The fourth-order valence-corrected chi connectivity index (χ4v) is 15.9. The summed E-state index contributed by atoms with van der Waals surface area (Å²) in [5.74, 6) is 6.37. The van der Waals surface area contributed by atoms with E-state index in [1.807, 2.05) is 0 Å². The Morgan fingerprint density at radius 1 is 0.742 bits per heavy atom. The lowest BCUT2D eigenvalue weighted by atomic mass is 9.71. The maximum absolute atomic E-state index is 5.78. The third-order valence-corrected chi connectivity index (χ3v) is 19.0. The largest absolute Gasteiger partial charge is 0.312 e. The maximum atomic E-state index is 5.78. The van der Waals surface area contributed by atoms with Crippen LogP contribution in [0.2, 0.25) is 0 Å². The van der Waals surface area contributed by atoms with Crippen molar-refractivity contribution in [2.24, 2.45) is 58.3 Å². The first-order valence-corrected chi connectivity index (χ1v) is 26.0. The molecule has 0 saturated heterocycles. The van der Waals surface area contributed by atoms with Gasteiger partial charge in [-0.25, -0.2) is 0 Å². The highest BCUT2D eigenvalue weighted by atomic mass is 15.0. The number of aromatic nitrogens is 1. The van der Waals surface area contributed by atoms with Crippen molar-refractivity contribution in [1.29, 1.82) is 0 Å². The van der Waals surface area contributed by atoms with E-state index in [-0.39, 0.29) is 6.04 Å². The van der Waals surface area contributed by atoms with E-state index in [2.05, 4.69) is 163 Å². The standard InChI is InChI=1S/C64H60N2/c1-37-53(36-57(40-14-3-2-4-15-40)65-64(37)50-24-12-19-38-18-11-23-45(38)50)49-29-30-58(51-27-26-43-32-54(43)63(49)51)66-59-34-42-17-6-5-16-41(42)31-55(59)56-33-44(35-60(56)66)61-47-21-9-10-22-48(47)62-46-20-8-7-13-39(46)25-28-52(61)62/h2-8,10-11,13-14,16-17,20,22-25,28-31,33-34,36-38,40,43,45,47-48,52,54,61-62,64H,9,12,15,18-19,21,26-27,32,35H2,1H3/t37?,38?,40?,43?,45?,47?,48?,52?,54?,61?,62-,64+/m1/s1. The number of hydrogen-bond donors (Lipinski definition) is 0. The molecule has 66 heavy (non-hydrogen) atoms. The Kier molecular flexibility index (Phi) is 8.51. The lowest BCUT2D eigenvalue weighted by molar-refractivity contribution is 0.333. The second kappa shape index (κ2) is 14.6. The Morgan fingerprint density at radius 3 is 2.58 bits per heavy atom. The van der Waals surface area contributed by atoms with Crippen LogP contribution in [-0.4, -0.2) is 16.3 Å². The van der Waals surface area contributed by atoms with E-state index in [9.17, 15) is 0 Å². The van der Waals surface area contributed by atoms with Gasteiger partial charge in [0.15, 0.2) is 0 Å². The number of hydrogen-bond acceptors (Lipinski definition) is 1. The first-order chi connectivity index (χ1) is 32.6. The Balaban J connectivity index is 0.883. The molecule has 2 nitrogen and oxygen atoms in total. The van der Waals surface area contributed by atoms with Crippen molar-refractivity contribution in [3.8, 4) is 5.69 Å². The van der Waals surface area contributed by atoms with Crippen LogP contribution in [-0.2, 0) is 12.8 Å². The predicted molar refractivity (Wildman–Crippen MR) is 275 cm³/mol. The summed E-state index contributed by atoms with van der Waals surface area (Å²) in [4.78, 5) is 5.78. The second-order valence-corrected chi connectivity index (χ2v) is 22.1. The SMILES string of the molecule is CC1C(c2ccc(-n3c4c(c5cc6ccccc6cc53)C=C(C3C5CCC=CC5[C@H]5c6ccccc6C=CC35)C4)c3c2C2CC2CC3)=CC(C2C=CC=CC2)=N[C@@H]1C1=CCCC2CC=CC12. The zero-order valence-corrected chi connectivity index (χ0v) is 38.3. The summed E-state index contributed by atoms with van der Waals surface area (Å²) in [6, 6.07) is 28.8. The topological polar surface area (TPSA) is 17.3 Å². The first kappa shape index (κ1) is 38.4. The fourth-order valence-electron chi connectivity index (χ4n) is 15.9. The van der Waals surface area contributed by atoms with Crippen LogP contribution in [0.25, 0.3) is 45.1 Å². The van der Waals surface area contributed by atoms with E-state index in [1.54, 1.807) is 33.4 Å². The van der Waals surface area contributed by atoms with Crippen LogP contribution in [0.4, 0.5) is 0 Å². The number of allylic oxidation sites excluding steroid dienone is 12. The first-order valence-electron chi connectivity index (χ1n) is 26.0. The van der Waals surface area contributed by atoms with Gasteiger partial charge in [-0.05, 0) is 179 Å². The van der Waals surface area contributed by atoms with Crippen molar-refractivity contribution in [2.45, 2.75) is 89.0 Å². The van der Waals surface area contributed by atoms with E-state index < -0.39 is 0 Å². The normalized spacial score (nSPS) is 33.9. The third kappa shape index (κ3) is 5.63. The predicted octanol–water partition coefficient (Wildman–Crippen LogP) is 15.3. The smallest absolute Gasteiger partial charge is 0.0784 e. The minimum absolute atomic E-state index is 0.195. The van der Waals surface area contributed by atoms with Gasteiger partial charge in [-0.3, -0.25) is 4.99 Å². The van der Waals surface area contributed by atoms with E-state index in [0.29, 0.717) is 53.3 Å². The molecule has 10 unspecified atom stereocenters. The van der Waals surface area contributed by atoms with Gasteiger partial charge < -0.3 is 4.57 Å². The van der Waals surface area contributed by atoms with Gasteiger partial charge in [0, 0.05) is 52.2 Å². The number of rotatable bonds is 5. The van der Waals surface area contributed by atoms with E-state index in [4.69, 9.17) is 4.99 Å². The average molecular weight is 857 g/mol. The molecule has 0 radical (unpaired) electrons. The quantitative estimate of drug-likeness (QED) is 0.157. The zero-order valence-electron chi connectivity index (χ0n) is 38.3. The van der Waals surface area contributed by atoms with Crippen LogP contribution in [0.5, 0.6) is 0 Å². The molecule has 2 heteroatoms. The molecule has 10 aliphatic rings. The molecular weight excluding hydrogens is 797 g/mol. The summed E-state index contributed by atoms with van der Waals surface area (Å²) < 4.78 is 2.80. The Labute approximate surface area is 390 Å². The lowest BCUT2D eigenvalue weighted by Crippen LogP contribution is -2.33. The van der Waals surface area contributed by atoms with Crippen LogP contribution in [0.3, 0.4) is 0 Å². The third-order valence-electron chi connectivity index (χ3n) is 19.0. The summed E-state index contributed by atoms with van der Waals surface area (Å²) >= 11 is 0. The molecule has 12 atom stereocenters.